The molecule has 2 aliphatic carbocycles. The van der Waals surface area contributed by atoms with Crippen molar-refractivity contribution in [2.24, 2.45) is 17.8 Å². The van der Waals surface area contributed by atoms with Crippen LogP contribution in [0.15, 0.2) is 24.3 Å². The summed E-state index contributed by atoms with van der Waals surface area (Å²) in [4.78, 5) is 42.0. The number of benzene rings is 1. The fourth-order valence-corrected chi connectivity index (χ4v) is 6.58. The highest BCUT2D eigenvalue weighted by Gasteiger charge is 2.56. The molecule has 5 fully saturated rings. The van der Waals surface area contributed by atoms with Crippen LogP contribution in [-0.4, -0.2) is 59.9 Å². The van der Waals surface area contributed by atoms with Gasteiger partial charge in [-0.05, 0) is 61.1 Å². The van der Waals surface area contributed by atoms with E-state index in [1.54, 1.807) is 0 Å². The Kier molecular flexibility index (Phi) is 3.64. The summed E-state index contributed by atoms with van der Waals surface area (Å²) in [6, 6.07) is 7.84. The third-order valence-corrected chi connectivity index (χ3v) is 8.09. The van der Waals surface area contributed by atoms with Gasteiger partial charge < -0.3 is 15.5 Å². The lowest BCUT2D eigenvalue weighted by molar-refractivity contribution is -0.138. The van der Waals surface area contributed by atoms with Gasteiger partial charge in [-0.3, -0.25) is 14.5 Å². The molecule has 0 aromatic heterocycles. The van der Waals surface area contributed by atoms with E-state index in [0.717, 1.165) is 42.1 Å². The maximum atomic E-state index is 13.3. The van der Waals surface area contributed by atoms with Gasteiger partial charge in [0.25, 0.3) is 5.91 Å². The van der Waals surface area contributed by atoms with Crippen LogP contribution in [0, 0.1) is 17.8 Å². The Morgan fingerprint density at radius 2 is 1.97 bits per heavy atom. The maximum Gasteiger partial charge on any atom is 0.325 e. The zero-order valence-corrected chi connectivity index (χ0v) is 16.4. The van der Waals surface area contributed by atoms with E-state index in [0.29, 0.717) is 30.2 Å². The summed E-state index contributed by atoms with van der Waals surface area (Å²) < 4.78 is 0. The number of fused-ring (bicyclic) bond motifs is 4. The molecule has 4 heterocycles. The van der Waals surface area contributed by atoms with Crippen LogP contribution in [-0.2, 0) is 21.5 Å². The Bertz CT molecular complexity index is 889. The number of piperidine rings is 2. The molecule has 2 bridgehead atoms. The molecule has 6 aliphatic rings. The third kappa shape index (κ3) is 2.37. The van der Waals surface area contributed by atoms with Crippen molar-refractivity contribution in [3.63, 3.8) is 0 Å². The normalized spacial score (nSPS) is 37.2. The van der Waals surface area contributed by atoms with E-state index in [-0.39, 0.29) is 18.4 Å². The number of nitrogens with zero attached hydrogens (tertiary/aromatic N) is 2. The Morgan fingerprint density at radius 3 is 2.76 bits per heavy atom. The number of likely N-dealkylation sites (tertiary alicyclic amines) is 1. The topological polar surface area (TPSA) is 81.8 Å². The summed E-state index contributed by atoms with van der Waals surface area (Å²) in [5.41, 5.74) is 0.986. The number of rotatable bonds is 2. The quantitative estimate of drug-likeness (QED) is 0.729. The minimum absolute atomic E-state index is 0.106. The number of amides is 4. The van der Waals surface area contributed by atoms with Gasteiger partial charge in [0.15, 0.2) is 0 Å². The van der Waals surface area contributed by atoms with E-state index in [4.69, 9.17) is 0 Å². The fraction of sp³-hybridized carbons (Fsp3) is 0.591. The van der Waals surface area contributed by atoms with Gasteiger partial charge in [-0.1, -0.05) is 24.3 Å². The summed E-state index contributed by atoms with van der Waals surface area (Å²) >= 11 is 0. The fourth-order valence-electron chi connectivity index (χ4n) is 6.58. The first kappa shape index (κ1) is 17.4. The summed E-state index contributed by atoms with van der Waals surface area (Å²) in [6.45, 7) is 2.42. The zero-order valence-electron chi connectivity index (χ0n) is 16.4. The van der Waals surface area contributed by atoms with Gasteiger partial charge in [-0.2, -0.15) is 0 Å². The molecule has 1 aromatic rings. The van der Waals surface area contributed by atoms with Crippen molar-refractivity contribution in [1.82, 2.24) is 20.4 Å². The highest BCUT2D eigenvalue weighted by molar-refractivity contribution is 6.09. The molecule has 7 heteroatoms. The zero-order chi connectivity index (χ0) is 19.8. The van der Waals surface area contributed by atoms with Crippen molar-refractivity contribution < 1.29 is 14.4 Å². The molecule has 4 amide bonds. The highest BCUT2D eigenvalue weighted by atomic mass is 16.2. The lowest BCUT2D eigenvalue weighted by Gasteiger charge is -2.45. The highest BCUT2D eigenvalue weighted by Crippen LogP contribution is 2.44. The molecule has 5 atom stereocenters. The smallest absolute Gasteiger partial charge is 0.325 e. The molecule has 4 aliphatic heterocycles. The van der Waals surface area contributed by atoms with Crippen LogP contribution in [0.3, 0.4) is 0 Å². The Morgan fingerprint density at radius 1 is 1.14 bits per heavy atom. The van der Waals surface area contributed by atoms with E-state index in [9.17, 15) is 14.4 Å². The van der Waals surface area contributed by atoms with E-state index in [2.05, 4.69) is 10.6 Å². The predicted octanol–water partition coefficient (Wildman–Crippen LogP) is 0.836. The van der Waals surface area contributed by atoms with Crippen LogP contribution in [0.4, 0.5) is 4.79 Å². The summed E-state index contributed by atoms with van der Waals surface area (Å²) in [5.74, 6) is 1.35. The van der Waals surface area contributed by atoms with Gasteiger partial charge in [0.05, 0.1) is 0 Å². The molecule has 7 nitrogen and oxygen atoms in total. The van der Waals surface area contributed by atoms with Crippen molar-refractivity contribution in [3.8, 4) is 0 Å². The van der Waals surface area contributed by atoms with Crippen LogP contribution >= 0.6 is 0 Å². The van der Waals surface area contributed by atoms with Gasteiger partial charge in [-0.15, -0.1) is 0 Å². The van der Waals surface area contributed by atoms with Gasteiger partial charge in [0.2, 0.25) is 5.91 Å². The lowest BCUT2D eigenvalue weighted by Crippen LogP contribution is -2.54. The minimum atomic E-state index is -0.990. The van der Waals surface area contributed by atoms with Crippen molar-refractivity contribution in [1.29, 1.82) is 0 Å². The second-order valence-electron chi connectivity index (χ2n) is 9.36. The molecule has 29 heavy (non-hydrogen) atoms. The van der Waals surface area contributed by atoms with Crippen LogP contribution in [0.2, 0.25) is 0 Å². The first-order valence-electron chi connectivity index (χ1n) is 10.8. The number of carbonyl (C=O) groups excluding carboxylic acids is 3. The number of imide groups is 1. The molecule has 1 aromatic carbocycles. The number of nitrogens with one attached hydrogen (secondary N) is 2. The average Bonchev–Trinajstić information content (AvgIpc) is 3.42. The number of hydrogen-bond donors (Lipinski definition) is 2. The van der Waals surface area contributed by atoms with Gasteiger partial charge >= 0.3 is 6.03 Å². The molecule has 2 N–H and O–H groups in total. The van der Waals surface area contributed by atoms with Crippen LogP contribution < -0.4 is 10.6 Å². The summed E-state index contributed by atoms with van der Waals surface area (Å²) in [5, 5.41) is 6.52. The molecular weight excluding hydrogens is 368 g/mol. The van der Waals surface area contributed by atoms with E-state index >= 15 is 0 Å². The molecule has 152 valence electrons. The molecule has 5 unspecified atom stereocenters. The SMILES string of the molecule is O=C(CN1C(=O)NC2(CCc3ccccc32)C1=O)N1CC2C3CCC(NC3)C2C1. The average molecular weight is 394 g/mol. The first-order chi connectivity index (χ1) is 14.1. The lowest BCUT2D eigenvalue weighted by atomic mass is 9.68. The van der Waals surface area contributed by atoms with Gasteiger partial charge in [0.1, 0.15) is 12.1 Å². The predicted molar refractivity (Wildman–Crippen MR) is 105 cm³/mol. The van der Waals surface area contributed by atoms with E-state index in [1.165, 1.54) is 12.8 Å². The standard InChI is InChI=1S/C22H26N4O3/c27-19(25-10-15-14-5-6-18(23-9-14)16(15)11-25)12-26-20(28)22(24-21(26)29)8-7-13-3-1-2-4-17(13)22/h1-4,14-16,18,23H,5-12H2,(H,24,29). The minimum Gasteiger partial charge on any atom is -0.340 e. The van der Waals surface area contributed by atoms with Crippen molar-refractivity contribution in [3.05, 3.63) is 35.4 Å². The van der Waals surface area contributed by atoms with Crippen LogP contribution in [0.25, 0.3) is 0 Å². The number of urea groups is 1. The first-order valence-corrected chi connectivity index (χ1v) is 10.8. The van der Waals surface area contributed by atoms with Gasteiger partial charge in [-0.25, -0.2) is 4.79 Å². The van der Waals surface area contributed by atoms with Crippen molar-refractivity contribution in [2.45, 2.75) is 37.3 Å². The monoisotopic (exact) mass is 394 g/mol. The Hall–Kier alpha value is -2.41. The largest absolute Gasteiger partial charge is 0.340 e. The van der Waals surface area contributed by atoms with Gasteiger partial charge in [0, 0.05) is 19.1 Å². The Labute approximate surface area is 169 Å². The van der Waals surface area contributed by atoms with E-state index < -0.39 is 11.6 Å². The van der Waals surface area contributed by atoms with Crippen LogP contribution in [0.1, 0.15) is 30.4 Å². The van der Waals surface area contributed by atoms with Crippen molar-refractivity contribution in [2.75, 3.05) is 26.2 Å². The molecule has 7 rings (SSSR count). The summed E-state index contributed by atoms with van der Waals surface area (Å²) in [6.07, 6.45) is 3.76. The second-order valence-corrected chi connectivity index (χ2v) is 9.36. The number of aryl methyl sites for hydroxylation is 1. The number of carbonyl (C=O) groups is 3. The molecule has 1 spiro atoms. The Balaban J connectivity index is 1.19. The molecule has 4 saturated heterocycles. The molecule has 0 radical (unpaired) electrons. The molecule has 1 saturated carbocycles. The number of hydrogen-bond acceptors (Lipinski definition) is 4. The second kappa shape index (κ2) is 6.05. The van der Waals surface area contributed by atoms with Crippen molar-refractivity contribution >= 4 is 17.8 Å². The maximum absolute atomic E-state index is 13.3. The van der Waals surface area contributed by atoms with Crippen LogP contribution in [0.5, 0.6) is 0 Å². The van der Waals surface area contributed by atoms with E-state index in [1.807, 2.05) is 29.2 Å². The third-order valence-electron chi connectivity index (χ3n) is 8.09. The molecular formula is C22H26N4O3. The summed E-state index contributed by atoms with van der Waals surface area (Å²) in [7, 11) is 0.